The number of nitriles is 1. The van der Waals surface area contributed by atoms with Crippen LogP contribution in [-0.2, 0) is 14.2 Å². The number of hydrogen-bond donors (Lipinski definition) is 0. The average molecular weight is 255 g/mol. The van der Waals surface area contributed by atoms with Crippen LogP contribution >= 0.6 is 0 Å². The van der Waals surface area contributed by atoms with Crippen LogP contribution in [0.1, 0.15) is 51.4 Å². The number of rotatable bonds is 10. The SMILES string of the molecule is N#CCCCOCCCCCOC1CCCCO1. The van der Waals surface area contributed by atoms with Gasteiger partial charge in [-0.05, 0) is 44.9 Å². The van der Waals surface area contributed by atoms with Gasteiger partial charge in [-0.1, -0.05) is 0 Å². The Morgan fingerprint density at radius 2 is 1.89 bits per heavy atom. The lowest BCUT2D eigenvalue weighted by atomic mass is 10.2. The van der Waals surface area contributed by atoms with Gasteiger partial charge in [-0.2, -0.15) is 5.26 Å². The van der Waals surface area contributed by atoms with E-state index in [-0.39, 0.29) is 6.29 Å². The molecule has 1 aliphatic heterocycles. The molecule has 0 radical (unpaired) electrons. The fourth-order valence-corrected chi connectivity index (χ4v) is 1.90. The third kappa shape index (κ3) is 8.46. The summed E-state index contributed by atoms with van der Waals surface area (Å²) in [6, 6.07) is 2.11. The summed E-state index contributed by atoms with van der Waals surface area (Å²) in [5.41, 5.74) is 0. The van der Waals surface area contributed by atoms with E-state index in [0.717, 1.165) is 51.9 Å². The Labute approximate surface area is 110 Å². The summed E-state index contributed by atoms with van der Waals surface area (Å²) in [7, 11) is 0. The highest BCUT2D eigenvalue weighted by Crippen LogP contribution is 2.14. The van der Waals surface area contributed by atoms with Crippen molar-refractivity contribution in [2.45, 2.75) is 57.7 Å². The lowest BCUT2D eigenvalue weighted by Gasteiger charge is -2.22. The van der Waals surface area contributed by atoms with Gasteiger partial charge >= 0.3 is 0 Å². The first-order chi connectivity index (χ1) is 8.93. The summed E-state index contributed by atoms with van der Waals surface area (Å²) >= 11 is 0. The molecule has 0 N–H and O–H groups in total. The van der Waals surface area contributed by atoms with Gasteiger partial charge in [0, 0.05) is 32.8 Å². The standard InChI is InChI=1S/C14H25NO3/c15-9-3-7-11-16-10-4-1-5-12-17-14-8-2-6-13-18-14/h14H,1-8,10-13H2. The van der Waals surface area contributed by atoms with Crippen LogP contribution in [-0.4, -0.2) is 32.7 Å². The van der Waals surface area contributed by atoms with Gasteiger partial charge in [-0.3, -0.25) is 0 Å². The second-order valence-corrected chi connectivity index (χ2v) is 4.60. The molecule has 0 aromatic rings. The highest BCUT2D eigenvalue weighted by atomic mass is 16.7. The minimum Gasteiger partial charge on any atom is -0.381 e. The van der Waals surface area contributed by atoms with Crippen molar-refractivity contribution in [1.82, 2.24) is 0 Å². The Balaban J connectivity index is 1.74. The Bertz CT molecular complexity index is 222. The molecule has 104 valence electrons. The smallest absolute Gasteiger partial charge is 0.157 e. The van der Waals surface area contributed by atoms with Crippen LogP contribution in [0, 0.1) is 11.3 Å². The minimum atomic E-state index is 0.0426. The van der Waals surface area contributed by atoms with E-state index in [2.05, 4.69) is 6.07 Å². The Morgan fingerprint density at radius 1 is 1.06 bits per heavy atom. The first-order valence-corrected chi connectivity index (χ1v) is 7.11. The predicted octanol–water partition coefficient (Wildman–Crippen LogP) is 3.02. The zero-order valence-electron chi connectivity index (χ0n) is 11.2. The Morgan fingerprint density at radius 3 is 2.67 bits per heavy atom. The van der Waals surface area contributed by atoms with Crippen molar-refractivity contribution < 1.29 is 14.2 Å². The summed E-state index contributed by atoms with van der Waals surface area (Å²) in [5.74, 6) is 0. The quantitative estimate of drug-likeness (QED) is 0.563. The average Bonchev–Trinajstić information content (AvgIpc) is 2.42. The number of unbranched alkanes of at least 4 members (excludes halogenated alkanes) is 3. The molecule has 4 nitrogen and oxygen atoms in total. The van der Waals surface area contributed by atoms with Gasteiger partial charge < -0.3 is 14.2 Å². The molecule has 0 aromatic carbocycles. The molecule has 0 bridgehead atoms. The molecule has 1 atom stereocenters. The van der Waals surface area contributed by atoms with Gasteiger partial charge in [0.15, 0.2) is 6.29 Å². The lowest BCUT2D eigenvalue weighted by molar-refractivity contribution is -0.162. The number of nitrogens with zero attached hydrogens (tertiary/aromatic N) is 1. The monoisotopic (exact) mass is 255 g/mol. The molecule has 1 rings (SSSR count). The third-order valence-electron chi connectivity index (χ3n) is 2.95. The predicted molar refractivity (Wildman–Crippen MR) is 69.1 cm³/mol. The van der Waals surface area contributed by atoms with Crippen LogP contribution in [0.15, 0.2) is 0 Å². The zero-order chi connectivity index (χ0) is 12.9. The molecule has 1 unspecified atom stereocenters. The van der Waals surface area contributed by atoms with Crippen LogP contribution < -0.4 is 0 Å². The molecule has 1 saturated heterocycles. The molecule has 0 aliphatic carbocycles. The van der Waals surface area contributed by atoms with Crippen LogP contribution in [0.4, 0.5) is 0 Å². The first kappa shape index (κ1) is 15.4. The molecule has 0 aromatic heterocycles. The van der Waals surface area contributed by atoms with Gasteiger partial charge in [0.25, 0.3) is 0 Å². The van der Waals surface area contributed by atoms with Crippen molar-refractivity contribution in [1.29, 1.82) is 5.26 Å². The van der Waals surface area contributed by atoms with E-state index in [1.807, 2.05) is 0 Å². The van der Waals surface area contributed by atoms with E-state index in [1.165, 1.54) is 12.8 Å². The molecule has 1 heterocycles. The summed E-state index contributed by atoms with van der Waals surface area (Å²) in [5, 5.41) is 8.34. The van der Waals surface area contributed by atoms with Gasteiger partial charge in [0.05, 0.1) is 6.07 Å². The van der Waals surface area contributed by atoms with Crippen LogP contribution in [0.3, 0.4) is 0 Å². The van der Waals surface area contributed by atoms with Crippen molar-refractivity contribution in [2.75, 3.05) is 26.4 Å². The molecule has 1 fully saturated rings. The Kier molecular flexibility index (Phi) is 9.82. The van der Waals surface area contributed by atoms with E-state index in [4.69, 9.17) is 19.5 Å². The summed E-state index contributed by atoms with van der Waals surface area (Å²) in [4.78, 5) is 0. The molecule has 0 spiro atoms. The van der Waals surface area contributed by atoms with E-state index in [0.29, 0.717) is 13.0 Å². The normalized spacial score (nSPS) is 19.6. The second-order valence-electron chi connectivity index (χ2n) is 4.60. The van der Waals surface area contributed by atoms with Crippen molar-refractivity contribution in [2.24, 2.45) is 0 Å². The van der Waals surface area contributed by atoms with E-state index in [1.54, 1.807) is 0 Å². The van der Waals surface area contributed by atoms with Crippen molar-refractivity contribution >= 4 is 0 Å². The van der Waals surface area contributed by atoms with Gasteiger partial charge in [0.1, 0.15) is 0 Å². The third-order valence-corrected chi connectivity index (χ3v) is 2.95. The fraction of sp³-hybridized carbons (Fsp3) is 0.929. The topological polar surface area (TPSA) is 51.5 Å². The molecule has 18 heavy (non-hydrogen) atoms. The minimum absolute atomic E-state index is 0.0426. The highest BCUT2D eigenvalue weighted by molar-refractivity contribution is 4.67. The maximum atomic E-state index is 8.34. The van der Waals surface area contributed by atoms with Crippen molar-refractivity contribution in [3.8, 4) is 6.07 Å². The van der Waals surface area contributed by atoms with Gasteiger partial charge in [-0.25, -0.2) is 0 Å². The van der Waals surface area contributed by atoms with Crippen LogP contribution in [0.25, 0.3) is 0 Å². The molecule has 4 heteroatoms. The summed E-state index contributed by atoms with van der Waals surface area (Å²) in [6.07, 6.45) is 8.19. The lowest BCUT2D eigenvalue weighted by Crippen LogP contribution is -2.22. The largest absolute Gasteiger partial charge is 0.381 e. The first-order valence-electron chi connectivity index (χ1n) is 7.11. The second kappa shape index (κ2) is 11.5. The summed E-state index contributed by atoms with van der Waals surface area (Å²) in [6.45, 7) is 3.14. The number of hydrogen-bond acceptors (Lipinski definition) is 4. The molecule has 0 saturated carbocycles. The molecule has 1 aliphatic rings. The highest BCUT2D eigenvalue weighted by Gasteiger charge is 2.13. The Hall–Kier alpha value is -0.630. The zero-order valence-corrected chi connectivity index (χ0v) is 11.2. The van der Waals surface area contributed by atoms with Crippen LogP contribution in [0.5, 0.6) is 0 Å². The van der Waals surface area contributed by atoms with E-state index < -0.39 is 0 Å². The van der Waals surface area contributed by atoms with Crippen molar-refractivity contribution in [3.05, 3.63) is 0 Å². The molecular formula is C14H25NO3. The van der Waals surface area contributed by atoms with Gasteiger partial charge in [0.2, 0.25) is 0 Å². The van der Waals surface area contributed by atoms with E-state index >= 15 is 0 Å². The van der Waals surface area contributed by atoms with Crippen molar-refractivity contribution in [3.63, 3.8) is 0 Å². The molecule has 0 amide bonds. The maximum Gasteiger partial charge on any atom is 0.157 e. The van der Waals surface area contributed by atoms with Crippen LogP contribution in [0.2, 0.25) is 0 Å². The van der Waals surface area contributed by atoms with E-state index in [9.17, 15) is 0 Å². The summed E-state index contributed by atoms with van der Waals surface area (Å²) < 4.78 is 16.5. The maximum absolute atomic E-state index is 8.34. The molecular weight excluding hydrogens is 230 g/mol. The fourth-order valence-electron chi connectivity index (χ4n) is 1.90. The van der Waals surface area contributed by atoms with Gasteiger partial charge in [-0.15, -0.1) is 0 Å². The number of ether oxygens (including phenoxy) is 3.